The maximum Gasteiger partial charge on any atom is 0.240 e. The molecule has 1 aliphatic heterocycles. The number of nitrogens with zero attached hydrogens (tertiary/aromatic N) is 2. The number of likely N-dealkylation sites (N-methyl/N-ethyl adjacent to an activating group) is 1. The second kappa shape index (κ2) is 8.84. The molecule has 1 fully saturated rings. The van der Waals surface area contributed by atoms with Gasteiger partial charge in [0, 0.05) is 39.3 Å². The van der Waals surface area contributed by atoms with E-state index in [-0.39, 0.29) is 11.4 Å². The molecule has 0 spiro atoms. The van der Waals surface area contributed by atoms with E-state index < -0.39 is 10.0 Å². The molecule has 0 unspecified atom stereocenters. The molecule has 6 nitrogen and oxygen atoms in total. The Morgan fingerprint density at radius 1 is 0.926 bits per heavy atom. The number of nitrogens with one attached hydrogen (secondary N) is 1. The first kappa shape index (κ1) is 19.8. The molecule has 1 aliphatic rings. The standard InChI is InChI=1S/C20H27N3O3S/c1-22-11-13-23(14-12-22)16-18-5-3-17(4-6-18)15-21-27(24,25)20-9-7-19(26-2)8-10-20/h3-10,21H,11-16H2,1-2H3. The molecule has 0 saturated carbocycles. The Morgan fingerprint density at radius 2 is 1.52 bits per heavy atom. The molecule has 0 amide bonds. The third-order valence-electron chi connectivity index (χ3n) is 4.86. The first-order valence-corrected chi connectivity index (χ1v) is 10.6. The van der Waals surface area contributed by atoms with Gasteiger partial charge in [0.2, 0.25) is 10.0 Å². The third kappa shape index (κ3) is 5.52. The van der Waals surface area contributed by atoms with Gasteiger partial charge < -0.3 is 9.64 Å². The van der Waals surface area contributed by atoms with Crippen LogP contribution in [0.5, 0.6) is 5.75 Å². The lowest BCUT2D eigenvalue weighted by Gasteiger charge is -2.32. The van der Waals surface area contributed by atoms with Gasteiger partial charge >= 0.3 is 0 Å². The molecule has 0 bridgehead atoms. The number of ether oxygens (including phenoxy) is 1. The number of rotatable bonds is 7. The van der Waals surface area contributed by atoms with Crippen LogP contribution in [0.1, 0.15) is 11.1 Å². The van der Waals surface area contributed by atoms with Crippen molar-refractivity contribution in [3.05, 3.63) is 59.7 Å². The van der Waals surface area contributed by atoms with E-state index in [4.69, 9.17) is 4.74 Å². The predicted molar refractivity (Wildman–Crippen MR) is 106 cm³/mol. The van der Waals surface area contributed by atoms with E-state index in [2.05, 4.69) is 33.7 Å². The van der Waals surface area contributed by atoms with Gasteiger partial charge in [0.15, 0.2) is 0 Å². The molecule has 3 rings (SSSR count). The lowest BCUT2D eigenvalue weighted by atomic mass is 10.1. The Balaban J connectivity index is 1.54. The van der Waals surface area contributed by atoms with Gasteiger partial charge in [-0.15, -0.1) is 0 Å². The van der Waals surface area contributed by atoms with Crippen molar-refractivity contribution in [2.75, 3.05) is 40.3 Å². The fraction of sp³-hybridized carbons (Fsp3) is 0.400. The van der Waals surface area contributed by atoms with Gasteiger partial charge in [-0.05, 0) is 42.4 Å². The Kier molecular flexibility index (Phi) is 6.49. The smallest absolute Gasteiger partial charge is 0.240 e. The monoisotopic (exact) mass is 389 g/mol. The van der Waals surface area contributed by atoms with Crippen LogP contribution in [0.4, 0.5) is 0 Å². The van der Waals surface area contributed by atoms with E-state index >= 15 is 0 Å². The maximum absolute atomic E-state index is 12.4. The third-order valence-corrected chi connectivity index (χ3v) is 6.28. The Morgan fingerprint density at radius 3 is 2.11 bits per heavy atom. The Hall–Kier alpha value is -1.93. The highest BCUT2D eigenvalue weighted by Crippen LogP contribution is 2.16. The first-order valence-electron chi connectivity index (χ1n) is 9.09. The largest absolute Gasteiger partial charge is 0.497 e. The first-order chi connectivity index (χ1) is 13.0. The van der Waals surface area contributed by atoms with Crippen molar-refractivity contribution in [2.24, 2.45) is 0 Å². The lowest BCUT2D eigenvalue weighted by Crippen LogP contribution is -2.43. The molecular weight excluding hydrogens is 362 g/mol. The van der Waals surface area contributed by atoms with E-state index in [1.54, 1.807) is 31.4 Å². The zero-order chi connectivity index (χ0) is 19.3. The van der Waals surface area contributed by atoms with E-state index in [0.29, 0.717) is 5.75 Å². The van der Waals surface area contributed by atoms with Crippen LogP contribution in [0.25, 0.3) is 0 Å². The van der Waals surface area contributed by atoms with Crippen molar-refractivity contribution in [3.63, 3.8) is 0 Å². The van der Waals surface area contributed by atoms with Crippen LogP contribution < -0.4 is 9.46 Å². The normalized spacial score (nSPS) is 16.4. The average Bonchev–Trinajstić information content (AvgIpc) is 2.69. The topological polar surface area (TPSA) is 61.9 Å². The second-order valence-electron chi connectivity index (χ2n) is 6.90. The number of piperazine rings is 1. The van der Waals surface area contributed by atoms with E-state index in [1.807, 2.05) is 12.1 Å². The van der Waals surface area contributed by atoms with Crippen molar-refractivity contribution in [1.82, 2.24) is 14.5 Å². The quantitative estimate of drug-likeness (QED) is 0.784. The molecule has 0 radical (unpaired) electrons. The van der Waals surface area contributed by atoms with Crippen LogP contribution in [0.2, 0.25) is 0 Å². The van der Waals surface area contributed by atoms with Gasteiger partial charge in [0.05, 0.1) is 12.0 Å². The summed E-state index contributed by atoms with van der Waals surface area (Å²) < 4.78 is 32.5. The van der Waals surface area contributed by atoms with Gasteiger partial charge in [0.25, 0.3) is 0 Å². The fourth-order valence-corrected chi connectivity index (χ4v) is 4.06. The van der Waals surface area contributed by atoms with Crippen LogP contribution in [-0.4, -0.2) is 58.6 Å². The fourth-order valence-electron chi connectivity index (χ4n) is 3.04. The van der Waals surface area contributed by atoms with E-state index in [1.165, 1.54) is 5.56 Å². The molecule has 0 aromatic heterocycles. The molecule has 146 valence electrons. The molecule has 7 heteroatoms. The predicted octanol–water partition coefficient (Wildman–Crippen LogP) is 1.92. The van der Waals surface area contributed by atoms with Crippen molar-refractivity contribution in [2.45, 2.75) is 18.0 Å². The van der Waals surface area contributed by atoms with Gasteiger partial charge in [0.1, 0.15) is 5.75 Å². The van der Waals surface area contributed by atoms with Crippen LogP contribution in [0.15, 0.2) is 53.4 Å². The van der Waals surface area contributed by atoms with Crippen molar-refractivity contribution in [3.8, 4) is 5.75 Å². The SMILES string of the molecule is COc1ccc(S(=O)(=O)NCc2ccc(CN3CCN(C)CC3)cc2)cc1. The average molecular weight is 390 g/mol. The minimum absolute atomic E-state index is 0.231. The highest BCUT2D eigenvalue weighted by molar-refractivity contribution is 7.89. The Labute approximate surface area is 161 Å². The zero-order valence-corrected chi connectivity index (χ0v) is 16.7. The minimum Gasteiger partial charge on any atom is -0.497 e. The van der Waals surface area contributed by atoms with Gasteiger partial charge in [-0.2, -0.15) is 0 Å². The van der Waals surface area contributed by atoms with Crippen LogP contribution >= 0.6 is 0 Å². The molecule has 0 atom stereocenters. The summed E-state index contributed by atoms with van der Waals surface area (Å²) in [5.41, 5.74) is 2.19. The molecule has 0 aliphatic carbocycles. The lowest BCUT2D eigenvalue weighted by molar-refractivity contribution is 0.148. The van der Waals surface area contributed by atoms with E-state index in [0.717, 1.165) is 38.3 Å². The molecule has 1 heterocycles. The summed E-state index contributed by atoms with van der Waals surface area (Å²) in [6, 6.07) is 14.5. The van der Waals surface area contributed by atoms with Gasteiger partial charge in [-0.1, -0.05) is 24.3 Å². The van der Waals surface area contributed by atoms with Crippen LogP contribution in [-0.2, 0) is 23.1 Å². The van der Waals surface area contributed by atoms with Gasteiger partial charge in [-0.25, -0.2) is 13.1 Å². The number of hydrogen-bond donors (Lipinski definition) is 1. The summed E-state index contributed by atoms with van der Waals surface area (Å²) >= 11 is 0. The second-order valence-corrected chi connectivity index (χ2v) is 8.66. The summed E-state index contributed by atoms with van der Waals surface area (Å²) in [6.45, 7) is 5.57. The van der Waals surface area contributed by atoms with Crippen LogP contribution in [0, 0.1) is 0 Å². The Bertz CT molecular complexity index is 828. The molecule has 2 aromatic carbocycles. The minimum atomic E-state index is -3.54. The molecule has 2 aromatic rings. The summed E-state index contributed by atoms with van der Waals surface area (Å²) in [4.78, 5) is 5.02. The van der Waals surface area contributed by atoms with Gasteiger partial charge in [-0.3, -0.25) is 4.90 Å². The summed E-state index contributed by atoms with van der Waals surface area (Å²) in [5, 5.41) is 0. The highest BCUT2D eigenvalue weighted by atomic mass is 32.2. The van der Waals surface area contributed by atoms with Crippen molar-refractivity contribution >= 4 is 10.0 Å². The van der Waals surface area contributed by atoms with Crippen molar-refractivity contribution < 1.29 is 13.2 Å². The molecule has 1 saturated heterocycles. The summed E-state index contributed by atoms with van der Waals surface area (Å²) in [5.74, 6) is 0.630. The number of methoxy groups -OCH3 is 1. The molecule has 27 heavy (non-hydrogen) atoms. The molecule has 1 N–H and O–H groups in total. The summed E-state index contributed by atoms with van der Waals surface area (Å²) in [6.07, 6.45) is 0. The number of benzene rings is 2. The number of hydrogen-bond acceptors (Lipinski definition) is 5. The molecular formula is C20H27N3O3S. The highest BCUT2D eigenvalue weighted by Gasteiger charge is 2.15. The maximum atomic E-state index is 12.4. The summed E-state index contributed by atoms with van der Waals surface area (Å²) in [7, 11) is 0.163. The van der Waals surface area contributed by atoms with Crippen molar-refractivity contribution in [1.29, 1.82) is 0 Å². The zero-order valence-electron chi connectivity index (χ0n) is 15.9. The van der Waals surface area contributed by atoms with Crippen LogP contribution in [0.3, 0.4) is 0 Å². The van der Waals surface area contributed by atoms with E-state index in [9.17, 15) is 8.42 Å². The number of sulfonamides is 1.